The minimum absolute atomic E-state index is 0.0528. The fourth-order valence-corrected chi connectivity index (χ4v) is 3.05. The lowest BCUT2D eigenvalue weighted by Crippen LogP contribution is -2.19. The normalized spacial score (nSPS) is 13.6. The van der Waals surface area contributed by atoms with E-state index in [1.807, 2.05) is 19.1 Å². The molecule has 0 unspecified atom stereocenters. The summed E-state index contributed by atoms with van der Waals surface area (Å²) in [6.45, 7) is 0.759. The van der Waals surface area contributed by atoms with Gasteiger partial charge in [-0.25, -0.2) is 18.0 Å². The third-order valence-electron chi connectivity index (χ3n) is 4.75. The number of esters is 1. The van der Waals surface area contributed by atoms with Gasteiger partial charge in [-0.1, -0.05) is 29.8 Å². The summed E-state index contributed by atoms with van der Waals surface area (Å²) in [5, 5.41) is 0. The average molecular weight is 476 g/mol. The number of rotatable bonds is 5. The first-order chi connectivity index (χ1) is 16.2. The number of carbonyl (C=O) groups is 2. The topological polar surface area (TPSA) is 61.8 Å². The predicted octanol–water partition coefficient (Wildman–Crippen LogP) is 5.29. The number of hydrogen-bond acceptors (Lipinski definition) is 5. The molecule has 0 amide bonds. The molecule has 10 heteroatoms. The van der Waals surface area contributed by atoms with Crippen LogP contribution in [-0.2, 0) is 4.79 Å². The van der Waals surface area contributed by atoms with Gasteiger partial charge in [-0.3, -0.25) is 4.79 Å². The van der Waals surface area contributed by atoms with E-state index in [1.54, 1.807) is 18.2 Å². The van der Waals surface area contributed by atoms with Crippen LogP contribution in [0.4, 0.5) is 22.0 Å². The molecule has 0 bridgehead atoms. The number of fused-ring (bicyclic) bond motifs is 1. The Morgan fingerprint density at radius 3 is 2.18 bits per heavy atom. The molecule has 1 aliphatic rings. The van der Waals surface area contributed by atoms with E-state index in [-0.39, 0.29) is 28.6 Å². The molecule has 0 radical (unpaired) electrons. The molecule has 0 fully saturated rings. The molecule has 3 aromatic carbocycles. The van der Waals surface area contributed by atoms with Gasteiger partial charge in [0.25, 0.3) is 0 Å². The molecule has 0 atom stereocenters. The summed E-state index contributed by atoms with van der Waals surface area (Å²) in [5.74, 6) is -14.4. The summed E-state index contributed by atoms with van der Waals surface area (Å²) < 4.78 is 81.7. The van der Waals surface area contributed by atoms with Crippen LogP contribution in [0, 0.1) is 36.0 Å². The number of allylic oxidation sites excluding steroid dienone is 1. The quantitative estimate of drug-likeness (QED) is 0.125. The third-order valence-corrected chi connectivity index (χ3v) is 4.75. The molecule has 1 aliphatic heterocycles. The van der Waals surface area contributed by atoms with E-state index in [1.165, 1.54) is 18.2 Å². The Morgan fingerprint density at radius 1 is 0.912 bits per heavy atom. The molecule has 0 N–H and O–H groups in total. The van der Waals surface area contributed by atoms with E-state index in [9.17, 15) is 31.5 Å². The van der Waals surface area contributed by atoms with Gasteiger partial charge in [0, 0.05) is 6.07 Å². The van der Waals surface area contributed by atoms with Crippen LogP contribution >= 0.6 is 0 Å². The van der Waals surface area contributed by atoms with Crippen molar-refractivity contribution in [1.29, 1.82) is 0 Å². The number of carbonyl (C=O) groups excluding carboxylic acids is 2. The van der Waals surface area contributed by atoms with Crippen LogP contribution in [0.15, 0.2) is 48.2 Å². The molecule has 1 heterocycles. The van der Waals surface area contributed by atoms with Crippen molar-refractivity contribution in [2.24, 2.45) is 0 Å². The highest BCUT2D eigenvalue weighted by atomic mass is 19.2. The van der Waals surface area contributed by atoms with Crippen molar-refractivity contribution in [3.8, 4) is 17.2 Å². The van der Waals surface area contributed by atoms with Crippen LogP contribution in [-0.4, -0.2) is 18.4 Å². The van der Waals surface area contributed by atoms with Gasteiger partial charge in [0.1, 0.15) is 11.5 Å². The molecule has 0 aliphatic carbocycles. The maximum absolute atomic E-state index is 13.6. The summed E-state index contributed by atoms with van der Waals surface area (Å²) in [5.41, 5.74) is 1.99. The monoisotopic (exact) mass is 476 g/mol. The lowest BCUT2D eigenvalue weighted by molar-refractivity contribution is -0.136. The molecular weight excluding hydrogens is 463 g/mol. The zero-order chi connectivity index (χ0) is 24.6. The minimum atomic E-state index is -2.35. The molecule has 0 spiro atoms. The Labute approximate surface area is 189 Å². The molecule has 3 aromatic rings. The summed E-state index contributed by atoms with van der Waals surface area (Å²) in [6.07, 6.45) is 1.55. The molecule has 5 nitrogen and oxygen atoms in total. The molecule has 174 valence electrons. The summed E-state index contributed by atoms with van der Waals surface area (Å²) in [4.78, 5) is 24.5. The largest absolute Gasteiger partial charge is 0.476 e. The first-order valence-corrected chi connectivity index (χ1v) is 9.65. The highest BCUT2D eigenvalue weighted by molar-refractivity contribution is 6.14. The van der Waals surface area contributed by atoms with Crippen molar-refractivity contribution >= 4 is 17.8 Å². The molecule has 4 rings (SSSR count). The minimum Gasteiger partial charge on any atom is -0.476 e. The van der Waals surface area contributed by atoms with Crippen LogP contribution in [0.2, 0.25) is 0 Å². The van der Waals surface area contributed by atoms with Crippen molar-refractivity contribution in [2.75, 3.05) is 6.61 Å². The van der Waals surface area contributed by atoms with Crippen molar-refractivity contribution in [2.45, 2.75) is 6.92 Å². The van der Waals surface area contributed by atoms with Crippen LogP contribution in [0.5, 0.6) is 17.2 Å². The van der Waals surface area contributed by atoms with Gasteiger partial charge in [0.15, 0.2) is 18.1 Å². The van der Waals surface area contributed by atoms with Gasteiger partial charge in [0.2, 0.25) is 34.9 Å². The molecule has 0 aromatic heterocycles. The second-order valence-electron chi connectivity index (χ2n) is 7.17. The Morgan fingerprint density at radius 2 is 1.53 bits per heavy atom. The first kappa shape index (κ1) is 23.0. The molecular formula is C24H13F5O5. The summed E-state index contributed by atoms with van der Waals surface area (Å²) >= 11 is 0. The first-order valence-electron chi connectivity index (χ1n) is 9.65. The van der Waals surface area contributed by atoms with Gasteiger partial charge in [0.05, 0.1) is 5.56 Å². The lowest BCUT2D eigenvalue weighted by atomic mass is 10.1. The summed E-state index contributed by atoms with van der Waals surface area (Å²) in [6, 6.07) is 11.2. The number of Topliss-reactive ketones (excluding diaryl/α,β-unsaturated/α-hetero) is 1. The lowest BCUT2D eigenvalue weighted by Gasteiger charge is -2.10. The van der Waals surface area contributed by atoms with E-state index < -0.39 is 47.4 Å². The fourth-order valence-electron chi connectivity index (χ4n) is 3.05. The van der Waals surface area contributed by atoms with Crippen molar-refractivity contribution in [1.82, 2.24) is 0 Å². The Bertz CT molecular complexity index is 1320. The van der Waals surface area contributed by atoms with E-state index in [4.69, 9.17) is 9.47 Å². The third kappa shape index (κ3) is 4.34. The fraction of sp³-hybridized carbons (Fsp3) is 0.0833. The number of aryl methyl sites for hydroxylation is 1. The van der Waals surface area contributed by atoms with Gasteiger partial charge in [-0.15, -0.1) is 0 Å². The molecule has 34 heavy (non-hydrogen) atoms. The standard InChI is InChI=1S/C24H13F5O5/c1-11-2-4-12(5-3-11)8-16-23(31)14-7-6-13(9-15(14)34-16)33-17(30)10-32-24-21(28)19(26)18(25)20(27)22(24)29/h2-9H,10H2,1H3/b16-8-. The zero-order valence-corrected chi connectivity index (χ0v) is 17.3. The van der Waals surface area contributed by atoms with E-state index in [0.29, 0.717) is 0 Å². The van der Waals surface area contributed by atoms with Crippen LogP contribution in [0.25, 0.3) is 6.08 Å². The van der Waals surface area contributed by atoms with E-state index >= 15 is 0 Å². The zero-order valence-electron chi connectivity index (χ0n) is 17.3. The molecule has 0 saturated carbocycles. The van der Waals surface area contributed by atoms with Crippen LogP contribution in [0.3, 0.4) is 0 Å². The number of ether oxygens (including phenoxy) is 3. The maximum Gasteiger partial charge on any atom is 0.349 e. The van der Waals surface area contributed by atoms with Crippen LogP contribution in [0.1, 0.15) is 21.5 Å². The smallest absolute Gasteiger partial charge is 0.349 e. The van der Waals surface area contributed by atoms with Crippen molar-refractivity contribution < 1.29 is 45.8 Å². The Hall–Kier alpha value is -4.21. The Balaban J connectivity index is 1.45. The maximum atomic E-state index is 13.6. The SMILES string of the molecule is Cc1ccc(/C=C2\Oc3cc(OC(=O)COc4c(F)c(F)c(F)c(F)c4F)ccc3C2=O)cc1. The van der Waals surface area contributed by atoms with Gasteiger partial charge < -0.3 is 14.2 Å². The number of halogens is 5. The summed E-state index contributed by atoms with van der Waals surface area (Å²) in [7, 11) is 0. The number of benzene rings is 3. The second kappa shape index (κ2) is 8.97. The number of hydrogen-bond donors (Lipinski definition) is 0. The highest BCUT2D eigenvalue weighted by Crippen LogP contribution is 2.35. The van der Waals surface area contributed by atoms with Gasteiger partial charge in [-0.2, -0.15) is 8.78 Å². The van der Waals surface area contributed by atoms with Crippen LogP contribution < -0.4 is 14.2 Å². The van der Waals surface area contributed by atoms with Crippen molar-refractivity contribution in [3.63, 3.8) is 0 Å². The predicted molar refractivity (Wildman–Crippen MR) is 108 cm³/mol. The highest BCUT2D eigenvalue weighted by Gasteiger charge is 2.29. The van der Waals surface area contributed by atoms with Crippen molar-refractivity contribution in [3.05, 3.63) is 94.0 Å². The molecule has 0 saturated heterocycles. The van der Waals surface area contributed by atoms with E-state index in [2.05, 4.69) is 4.74 Å². The Kier molecular flexibility index (Phi) is 6.06. The average Bonchev–Trinajstić information content (AvgIpc) is 3.12. The second-order valence-corrected chi connectivity index (χ2v) is 7.17. The number of ketones is 1. The van der Waals surface area contributed by atoms with Gasteiger partial charge >= 0.3 is 5.97 Å². The van der Waals surface area contributed by atoms with E-state index in [0.717, 1.165) is 11.1 Å². The van der Waals surface area contributed by atoms with Gasteiger partial charge in [-0.05, 0) is 30.7 Å².